The first-order chi connectivity index (χ1) is 11.9. The smallest absolute Gasteiger partial charge is 0.419 e. The molecule has 0 aliphatic heterocycles. The van der Waals surface area contributed by atoms with E-state index in [2.05, 4.69) is 5.32 Å². The predicted molar refractivity (Wildman–Crippen MR) is 81.8 cm³/mol. The third kappa shape index (κ3) is 5.98. The van der Waals surface area contributed by atoms with Crippen molar-refractivity contribution in [2.24, 2.45) is 0 Å². The lowest BCUT2D eigenvalue weighted by Crippen LogP contribution is -2.32. The van der Waals surface area contributed by atoms with Crippen molar-refractivity contribution in [3.8, 4) is 11.5 Å². The Balaban J connectivity index is 1.74. The van der Waals surface area contributed by atoms with Crippen LogP contribution in [0.5, 0.6) is 11.5 Å². The van der Waals surface area contributed by atoms with E-state index in [0.29, 0.717) is 5.75 Å². The maximum Gasteiger partial charge on any atom is 0.419 e. The standard InChI is InChI=1S/C17H15F4NO3/c18-12-4-3-5-13(10-12)24-9-8-22-16(23)11-25-15-7-2-1-6-14(15)17(19,20)21/h1-7,10H,8-9,11H2,(H,22,23). The molecule has 2 aromatic rings. The Morgan fingerprint density at radius 1 is 1.04 bits per heavy atom. The molecule has 25 heavy (non-hydrogen) atoms. The van der Waals surface area contributed by atoms with E-state index >= 15 is 0 Å². The fourth-order valence-corrected chi connectivity index (χ4v) is 1.94. The van der Waals surface area contributed by atoms with E-state index in [1.807, 2.05) is 0 Å². The summed E-state index contributed by atoms with van der Waals surface area (Å²) in [5, 5.41) is 2.43. The fourth-order valence-electron chi connectivity index (χ4n) is 1.94. The van der Waals surface area contributed by atoms with Crippen molar-refractivity contribution in [2.45, 2.75) is 6.18 Å². The van der Waals surface area contributed by atoms with Gasteiger partial charge in [0.05, 0.1) is 12.1 Å². The van der Waals surface area contributed by atoms with Gasteiger partial charge in [-0.3, -0.25) is 4.79 Å². The van der Waals surface area contributed by atoms with E-state index in [1.165, 1.54) is 30.3 Å². The number of nitrogens with one attached hydrogen (secondary N) is 1. The highest BCUT2D eigenvalue weighted by Crippen LogP contribution is 2.35. The van der Waals surface area contributed by atoms with Crippen LogP contribution in [0, 0.1) is 5.82 Å². The average Bonchev–Trinajstić information content (AvgIpc) is 2.56. The minimum Gasteiger partial charge on any atom is -0.492 e. The van der Waals surface area contributed by atoms with E-state index in [4.69, 9.17) is 9.47 Å². The quantitative estimate of drug-likeness (QED) is 0.610. The first kappa shape index (κ1) is 18.6. The van der Waals surface area contributed by atoms with Crippen molar-refractivity contribution in [3.63, 3.8) is 0 Å². The van der Waals surface area contributed by atoms with E-state index < -0.39 is 35.8 Å². The molecule has 2 rings (SSSR count). The van der Waals surface area contributed by atoms with Crippen LogP contribution in [-0.2, 0) is 11.0 Å². The van der Waals surface area contributed by atoms with Crippen LogP contribution < -0.4 is 14.8 Å². The molecule has 0 spiro atoms. The Labute approximate surface area is 141 Å². The molecular formula is C17H15F4NO3. The second-order valence-corrected chi connectivity index (χ2v) is 4.94. The molecule has 0 aromatic heterocycles. The maximum absolute atomic E-state index is 12.9. The molecule has 0 heterocycles. The predicted octanol–water partition coefficient (Wildman–Crippen LogP) is 3.42. The molecule has 0 aliphatic carbocycles. The van der Waals surface area contributed by atoms with Crippen LogP contribution in [-0.4, -0.2) is 25.7 Å². The van der Waals surface area contributed by atoms with E-state index in [0.717, 1.165) is 12.1 Å². The molecule has 1 amide bonds. The van der Waals surface area contributed by atoms with Crippen molar-refractivity contribution >= 4 is 5.91 Å². The second-order valence-electron chi connectivity index (χ2n) is 4.94. The molecule has 0 aliphatic rings. The van der Waals surface area contributed by atoms with Gasteiger partial charge in [-0.15, -0.1) is 0 Å². The van der Waals surface area contributed by atoms with Crippen molar-refractivity contribution in [1.82, 2.24) is 5.32 Å². The van der Waals surface area contributed by atoms with E-state index in [9.17, 15) is 22.4 Å². The highest BCUT2D eigenvalue weighted by molar-refractivity contribution is 5.77. The Kier molecular flexibility index (Phi) is 6.21. The molecule has 0 saturated heterocycles. The summed E-state index contributed by atoms with van der Waals surface area (Å²) in [5.41, 5.74) is -0.947. The van der Waals surface area contributed by atoms with Crippen LogP contribution in [0.15, 0.2) is 48.5 Å². The molecule has 0 unspecified atom stereocenters. The second kappa shape index (κ2) is 8.36. The molecule has 0 radical (unpaired) electrons. The number of halogens is 4. The zero-order chi connectivity index (χ0) is 18.3. The number of hydrogen-bond donors (Lipinski definition) is 1. The first-order valence-corrected chi connectivity index (χ1v) is 7.30. The molecule has 0 fully saturated rings. The summed E-state index contributed by atoms with van der Waals surface area (Å²) in [4.78, 5) is 11.6. The third-order valence-electron chi connectivity index (χ3n) is 3.04. The van der Waals surface area contributed by atoms with Gasteiger partial charge in [0.2, 0.25) is 0 Å². The van der Waals surface area contributed by atoms with Crippen LogP contribution in [0.4, 0.5) is 17.6 Å². The summed E-state index contributed by atoms with van der Waals surface area (Å²) < 4.78 is 61.5. The first-order valence-electron chi connectivity index (χ1n) is 7.30. The van der Waals surface area contributed by atoms with Crippen LogP contribution in [0.2, 0.25) is 0 Å². The molecule has 0 atom stereocenters. The third-order valence-corrected chi connectivity index (χ3v) is 3.04. The van der Waals surface area contributed by atoms with Gasteiger partial charge >= 0.3 is 6.18 Å². The number of hydrogen-bond acceptors (Lipinski definition) is 3. The molecule has 0 saturated carbocycles. The van der Waals surface area contributed by atoms with Crippen molar-refractivity contribution in [2.75, 3.05) is 19.8 Å². The monoisotopic (exact) mass is 357 g/mol. The summed E-state index contributed by atoms with van der Waals surface area (Å²) in [6.07, 6.45) is -4.56. The van der Waals surface area contributed by atoms with Gasteiger partial charge in [0.15, 0.2) is 6.61 Å². The lowest BCUT2D eigenvalue weighted by atomic mass is 10.2. The Morgan fingerprint density at radius 3 is 2.52 bits per heavy atom. The molecule has 0 bridgehead atoms. The Hall–Kier alpha value is -2.77. The van der Waals surface area contributed by atoms with Crippen LogP contribution in [0.25, 0.3) is 0 Å². The van der Waals surface area contributed by atoms with Gasteiger partial charge in [-0.05, 0) is 24.3 Å². The molecule has 4 nitrogen and oxygen atoms in total. The lowest BCUT2D eigenvalue weighted by Gasteiger charge is -2.13. The Bertz CT molecular complexity index is 719. The summed E-state index contributed by atoms with van der Waals surface area (Å²) in [7, 11) is 0. The fraction of sp³-hybridized carbons (Fsp3) is 0.235. The SMILES string of the molecule is O=C(COc1ccccc1C(F)(F)F)NCCOc1cccc(F)c1. The summed E-state index contributed by atoms with van der Waals surface area (Å²) >= 11 is 0. The highest BCUT2D eigenvalue weighted by Gasteiger charge is 2.34. The number of rotatable bonds is 7. The topological polar surface area (TPSA) is 47.6 Å². The normalized spacial score (nSPS) is 11.0. The number of carbonyl (C=O) groups is 1. The summed E-state index contributed by atoms with van der Waals surface area (Å²) in [6.45, 7) is -0.388. The van der Waals surface area contributed by atoms with Gasteiger partial charge < -0.3 is 14.8 Å². The molecule has 8 heteroatoms. The van der Waals surface area contributed by atoms with Crippen molar-refractivity contribution in [1.29, 1.82) is 0 Å². The molecule has 2 aromatic carbocycles. The number of benzene rings is 2. The van der Waals surface area contributed by atoms with Gasteiger partial charge in [0, 0.05) is 6.07 Å². The number of ether oxygens (including phenoxy) is 2. The zero-order valence-corrected chi connectivity index (χ0v) is 13.0. The van der Waals surface area contributed by atoms with E-state index in [-0.39, 0.29) is 13.2 Å². The zero-order valence-electron chi connectivity index (χ0n) is 13.0. The average molecular weight is 357 g/mol. The Morgan fingerprint density at radius 2 is 1.80 bits per heavy atom. The van der Waals surface area contributed by atoms with Gasteiger partial charge in [-0.25, -0.2) is 4.39 Å². The largest absolute Gasteiger partial charge is 0.492 e. The number of alkyl halides is 3. The van der Waals surface area contributed by atoms with Crippen molar-refractivity contribution < 1.29 is 31.8 Å². The van der Waals surface area contributed by atoms with Gasteiger partial charge in [0.1, 0.15) is 23.9 Å². The van der Waals surface area contributed by atoms with E-state index in [1.54, 1.807) is 6.07 Å². The van der Waals surface area contributed by atoms with Crippen LogP contribution >= 0.6 is 0 Å². The van der Waals surface area contributed by atoms with Gasteiger partial charge in [0.25, 0.3) is 5.91 Å². The van der Waals surface area contributed by atoms with Crippen LogP contribution in [0.1, 0.15) is 5.56 Å². The number of para-hydroxylation sites is 1. The number of carbonyl (C=O) groups excluding carboxylic acids is 1. The minimum absolute atomic E-state index is 0.0777. The summed E-state index contributed by atoms with van der Waals surface area (Å²) in [6, 6.07) is 10.1. The lowest BCUT2D eigenvalue weighted by molar-refractivity contribution is -0.139. The van der Waals surface area contributed by atoms with Gasteiger partial charge in [-0.1, -0.05) is 18.2 Å². The molecular weight excluding hydrogens is 342 g/mol. The number of amides is 1. The highest BCUT2D eigenvalue weighted by atomic mass is 19.4. The van der Waals surface area contributed by atoms with Crippen LogP contribution in [0.3, 0.4) is 0 Å². The molecule has 134 valence electrons. The van der Waals surface area contributed by atoms with Gasteiger partial charge in [-0.2, -0.15) is 13.2 Å². The summed E-state index contributed by atoms with van der Waals surface area (Å²) in [5.74, 6) is -1.15. The maximum atomic E-state index is 12.9. The minimum atomic E-state index is -4.56. The van der Waals surface area contributed by atoms with Crippen molar-refractivity contribution in [3.05, 3.63) is 59.9 Å². The molecule has 1 N–H and O–H groups in total.